The molecule has 0 aliphatic carbocycles. The highest BCUT2D eigenvalue weighted by Crippen LogP contribution is 2.20. The second kappa shape index (κ2) is 6.32. The molecule has 0 aliphatic heterocycles. The first kappa shape index (κ1) is 12.8. The summed E-state index contributed by atoms with van der Waals surface area (Å²) in [6.07, 6.45) is 1.66. The number of nitrogens with zero attached hydrogens (tertiary/aromatic N) is 3. The van der Waals surface area contributed by atoms with Gasteiger partial charge in [0.2, 0.25) is 0 Å². The molecule has 0 saturated heterocycles. The number of anilines is 1. The van der Waals surface area contributed by atoms with Gasteiger partial charge in [-0.3, -0.25) is 0 Å². The smallest absolute Gasteiger partial charge is 0.150 e. The molecule has 14 heavy (non-hydrogen) atoms. The molecule has 0 fully saturated rings. The van der Waals surface area contributed by atoms with Gasteiger partial charge >= 0.3 is 0 Å². The monoisotopic (exact) mass is 196 g/mol. The molecule has 1 unspecified atom stereocenters. The summed E-state index contributed by atoms with van der Waals surface area (Å²) in [4.78, 5) is 2.08. The van der Waals surface area contributed by atoms with Gasteiger partial charge in [0.15, 0.2) is 5.82 Å². The fourth-order valence-corrected chi connectivity index (χ4v) is 0.984. The number of hydrogen-bond donors (Lipinski definition) is 1. The second-order valence-corrected chi connectivity index (χ2v) is 3.01. The quantitative estimate of drug-likeness (QED) is 0.782. The van der Waals surface area contributed by atoms with Gasteiger partial charge in [-0.1, -0.05) is 13.8 Å². The molecule has 0 radical (unpaired) electrons. The van der Waals surface area contributed by atoms with Crippen LogP contribution >= 0.6 is 0 Å². The molecule has 2 N–H and O–H groups in total. The molecule has 0 aromatic carbocycles. The minimum Gasteiger partial charge on any atom is -0.382 e. The summed E-state index contributed by atoms with van der Waals surface area (Å²) in [6.45, 7) is 6.08. The third kappa shape index (κ3) is 3.30. The Morgan fingerprint density at radius 2 is 1.93 bits per heavy atom. The largest absolute Gasteiger partial charge is 0.382 e. The van der Waals surface area contributed by atoms with Gasteiger partial charge in [0.05, 0.1) is 6.20 Å². The molecular formula is C10H20N4. The molecule has 0 bridgehead atoms. The highest BCUT2D eigenvalue weighted by Gasteiger charge is 2.10. The maximum absolute atomic E-state index is 5.66. The summed E-state index contributed by atoms with van der Waals surface area (Å²) in [5.74, 6) is 0.513. The Bertz CT molecular complexity index is 260. The van der Waals surface area contributed by atoms with E-state index in [1.807, 2.05) is 34.0 Å². The first-order valence-electron chi connectivity index (χ1n) is 4.86. The lowest BCUT2D eigenvalue weighted by Crippen LogP contribution is -2.18. The Kier molecular flexibility index (Phi) is 5.79. The van der Waals surface area contributed by atoms with Crippen molar-refractivity contribution in [2.75, 3.05) is 19.8 Å². The molecular weight excluding hydrogens is 176 g/mol. The van der Waals surface area contributed by atoms with Gasteiger partial charge in [0.1, 0.15) is 0 Å². The average molecular weight is 196 g/mol. The molecule has 4 nitrogen and oxygen atoms in total. The number of nitrogen functional groups attached to an aromatic ring is 1. The molecule has 1 aromatic rings. The first-order chi connectivity index (χ1) is 6.63. The van der Waals surface area contributed by atoms with E-state index in [4.69, 9.17) is 5.73 Å². The maximum Gasteiger partial charge on any atom is 0.150 e. The molecule has 1 aromatic heterocycles. The van der Waals surface area contributed by atoms with Gasteiger partial charge in [-0.15, -0.1) is 5.10 Å². The van der Waals surface area contributed by atoms with Crippen LogP contribution in [0.5, 0.6) is 0 Å². The van der Waals surface area contributed by atoms with Crippen molar-refractivity contribution in [3.63, 3.8) is 0 Å². The van der Waals surface area contributed by atoms with Crippen molar-refractivity contribution in [1.29, 1.82) is 0 Å². The van der Waals surface area contributed by atoms with Gasteiger partial charge in [-0.25, -0.2) is 0 Å². The zero-order chi connectivity index (χ0) is 11.1. The minimum absolute atomic E-state index is 0.278. The molecule has 0 aliphatic rings. The van der Waals surface area contributed by atoms with Crippen molar-refractivity contribution in [2.24, 2.45) is 0 Å². The molecule has 1 heterocycles. The molecule has 4 heteroatoms. The third-order valence-corrected chi connectivity index (χ3v) is 2.01. The Morgan fingerprint density at radius 1 is 1.36 bits per heavy atom. The predicted molar refractivity (Wildman–Crippen MR) is 59.9 cm³/mol. The van der Waals surface area contributed by atoms with Crippen LogP contribution in [-0.4, -0.2) is 29.2 Å². The van der Waals surface area contributed by atoms with Crippen LogP contribution < -0.4 is 5.73 Å². The van der Waals surface area contributed by atoms with Crippen molar-refractivity contribution < 1.29 is 0 Å². The van der Waals surface area contributed by atoms with E-state index in [2.05, 4.69) is 22.0 Å². The van der Waals surface area contributed by atoms with Crippen molar-refractivity contribution in [1.82, 2.24) is 15.1 Å². The van der Waals surface area contributed by atoms with Crippen LogP contribution in [0.1, 0.15) is 32.4 Å². The summed E-state index contributed by atoms with van der Waals surface area (Å²) in [6, 6.07) is 2.17. The van der Waals surface area contributed by atoms with Crippen LogP contribution in [0.3, 0.4) is 0 Å². The molecule has 1 atom stereocenters. The fraction of sp³-hybridized carbons (Fsp3) is 0.600. The lowest BCUT2D eigenvalue weighted by Gasteiger charge is -2.20. The van der Waals surface area contributed by atoms with Gasteiger partial charge in [-0.05, 0) is 27.1 Å². The van der Waals surface area contributed by atoms with Gasteiger partial charge in [0, 0.05) is 11.6 Å². The van der Waals surface area contributed by atoms with E-state index in [-0.39, 0.29) is 6.04 Å². The maximum atomic E-state index is 5.66. The fourth-order valence-electron chi connectivity index (χ4n) is 0.984. The van der Waals surface area contributed by atoms with E-state index < -0.39 is 0 Å². The van der Waals surface area contributed by atoms with E-state index in [0.717, 1.165) is 5.56 Å². The van der Waals surface area contributed by atoms with Crippen molar-refractivity contribution >= 4 is 5.82 Å². The van der Waals surface area contributed by atoms with Gasteiger partial charge in [-0.2, -0.15) is 5.10 Å². The van der Waals surface area contributed by atoms with Crippen LogP contribution in [0.4, 0.5) is 5.82 Å². The average Bonchev–Trinajstić information content (AvgIpc) is 2.20. The lowest BCUT2D eigenvalue weighted by atomic mass is 10.1. The first-order valence-corrected chi connectivity index (χ1v) is 4.86. The SMILES string of the molecule is CC.CC(c1ccnnc1N)N(C)C. The summed E-state index contributed by atoms with van der Waals surface area (Å²) >= 11 is 0. The number of hydrogen-bond acceptors (Lipinski definition) is 4. The zero-order valence-electron chi connectivity index (χ0n) is 9.65. The number of nitrogens with two attached hydrogens (primary N) is 1. The molecule has 80 valence electrons. The Balaban J connectivity index is 0.000000791. The van der Waals surface area contributed by atoms with Crippen LogP contribution in [0.25, 0.3) is 0 Å². The van der Waals surface area contributed by atoms with E-state index in [0.29, 0.717) is 5.82 Å². The van der Waals surface area contributed by atoms with E-state index >= 15 is 0 Å². The normalized spacial score (nSPS) is 11.9. The van der Waals surface area contributed by atoms with Gasteiger partial charge < -0.3 is 10.6 Å². The topological polar surface area (TPSA) is 55.0 Å². The second-order valence-electron chi connectivity index (χ2n) is 3.01. The van der Waals surface area contributed by atoms with Crippen molar-refractivity contribution in [3.8, 4) is 0 Å². The van der Waals surface area contributed by atoms with Crippen LogP contribution in [0, 0.1) is 0 Å². The number of rotatable bonds is 2. The standard InChI is InChI=1S/C8H14N4.C2H6/c1-6(12(2)3)7-4-5-10-11-8(7)9;1-2/h4-6H,1-3H3,(H2,9,11);1-2H3. The van der Waals surface area contributed by atoms with Crippen molar-refractivity contribution in [3.05, 3.63) is 17.8 Å². The van der Waals surface area contributed by atoms with Crippen LogP contribution in [-0.2, 0) is 0 Å². The highest BCUT2D eigenvalue weighted by molar-refractivity contribution is 5.38. The molecule has 0 saturated carbocycles. The highest BCUT2D eigenvalue weighted by atomic mass is 15.1. The van der Waals surface area contributed by atoms with Gasteiger partial charge in [0.25, 0.3) is 0 Å². The molecule has 1 rings (SSSR count). The predicted octanol–water partition coefficient (Wildman–Crippen LogP) is 1.71. The van der Waals surface area contributed by atoms with E-state index in [1.165, 1.54) is 0 Å². The Labute approximate surface area is 86.1 Å². The van der Waals surface area contributed by atoms with E-state index in [1.54, 1.807) is 6.20 Å². The van der Waals surface area contributed by atoms with E-state index in [9.17, 15) is 0 Å². The minimum atomic E-state index is 0.278. The van der Waals surface area contributed by atoms with Crippen LogP contribution in [0.15, 0.2) is 12.3 Å². The Morgan fingerprint density at radius 3 is 2.36 bits per heavy atom. The number of aromatic nitrogens is 2. The van der Waals surface area contributed by atoms with Crippen LogP contribution in [0.2, 0.25) is 0 Å². The summed E-state index contributed by atoms with van der Waals surface area (Å²) in [7, 11) is 4.01. The lowest BCUT2D eigenvalue weighted by molar-refractivity contribution is 0.321. The summed E-state index contributed by atoms with van der Waals surface area (Å²) in [5, 5.41) is 7.48. The Hall–Kier alpha value is -1.16. The zero-order valence-corrected chi connectivity index (χ0v) is 9.65. The molecule has 0 spiro atoms. The summed E-state index contributed by atoms with van der Waals surface area (Å²) < 4.78 is 0. The van der Waals surface area contributed by atoms with Crippen molar-refractivity contribution in [2.45, 2.75) is 26.8 Å². The third-order valence-electron chi connectivity index (χ3n) is 2.01. The molecule has 0 amide bonds. The summed E-state index contributed by atoms with van der Waals surface area (Å²) in [5.41, 5.74) is 6.68.